The number of fused-ring (bicyclic) bond motifs is 1. The lowest BCUT2D eigenvalue weighted by molar-refractivity contribution is 0.349. The van der Waals surface area contributed by atoms with Crippen molar-refractivity contribution in [3.8, 4) is 0 Å². The van der Waals surface area contributed by atoms with Crippen molar-refractivity contribution in [1.29, 1.82) is 0 Å². The van der Waals surface area contributed by atoms with Crippen LogP contribution in [0.15, 0.2) is 24.3 Å². The molecule has 0 spiro atoms. The van der Waals surface area contributed by atoms with Gasteiger partial charge in [-0.05, 0) is 25.0 Å². The molecule has 1 fully saturated rings. The summed E-state index contributed by atoms with van der Waals surface area (Å²) < 4.78 is 28.5. The Morgan fingerprint density at radius 3 is 2.33 bits per heavy atom. The zero-order valence-electron chi connectivity index (χ0n) is 11.3. The highest BCUT2D eigenvalue weighted by atomic mass is 35.5. The number of hydrogen-bond acceptors (Lipinski definition) is 4. The number of rotatable bonds is 3. The molecular formula is C13H15ClN4O2S. The predicted octanol–water partition coefficient (Wildman–Crippen LogP) is 2.43. The molecule has 1 N–H and O–H groups in total. The number of hydrogen-bond donors (Lipinski definition) is 1. The van der Waals surface area contributed by atoms with Gasteiger partial charge in [-0.1, -0.05) is 30.2 Å². The Morgan fingerprint density at radius 1 is 1.05 bits per heavy atom. The van der Waals surface area contributed by atoms with Crippen molar-refractivity contribution in [2.24, 2.45) is 0 Å². The molecule has 0 unspecified atom stereocenters. The molecule has 0 aliphatic carbocycles. The number of para-hydroxylation sites is 2. The van der Waals surface area contributed by atoms with E-state index < -0.39 is 10.2 Å². The molecule has 2 heterocycles. The minimum atomic E-state index is -3.63. The molecule has 0 saturated carbocycles. The van der Waals surface area contributed by atoms with E-state index in [1.54, 1.807) is 12.1 Å². The van der Waals surface area contributed by atoms with Gasteiger partial charge in [0.25, 0.3) is 0 Å². The van der Waals surface area contributed by atoms with E-state index in [1.165, 1.54) is 4.31 Å². The largest absolute Gasteiger partial charge is 0.302 e. The average molecular weight is 327 g/mol. The minimum Gasteiger partial charge on any atom is -0.252 e. The fraction of sp³-hybridized carbons (Fsp3) is 0.385. The fourth-order valence-electron chi connectivity index (χ4n) is 2.34. The quantitative estimate of drug-likeness (QED) is 0.940. The van der Waals surface area contributed by atoms with Gasteiger partial charge in [0, 0.05) is 13.1 Å². The number of halogens is 1. The van der Waals surface area contributed by atoms with Gasteiger partial charge in [-0.25, -0.2) is 9.97 Å². The molecule has 3 rings (SSSR count). The van der Waals surface area contributed by atoms with Gasteiger partial charge in [-0.2, -0.15) is 12.7 Å². The highest BCUT2D eigenvalue weighted by Crippen LogP contribution is 2.23. The second kappa shape index (κ2) is 5.75. The first-order valence-corrected chi connectivity index (χ1v) is 8.58. The zero-order chi connectivity index (χ0) is 14.9. The van der Waals surface area contributed by atoms with E-state index in [2.05, 4.69) is 14.7 Å². The van der Waals surface area contributed by atoms with E-state index in [9.17, 15) is 8.42 Å². The number of benzene rings is 1. The topological polar surface area (TPSA) is 75.2 Å². The molecule has 2 aromatic rings. The summed E-state index contributed by atoms with van der Waals surface area (Å²) in [6, 6.07) is 7.17. The van der Waals surface area contributed by atoms with Crippen LogP contribution in [0.4, 0.5) is 5.82 Å². The van der Waals surface area contributed by atoms with Crippen LogP contribution < -0.4 is 4.72 Å². The van der Waals surface area contributed by atoms with E-state index in [1.807, 2.05) is 12.1 Å². The Labute approximate surface area is 128 Å². The van der Waals surface area contributed by atoms with Crippen LogP contribution in [0.1, 0.15) is 19.3 Å². The van der Waals surface area contributed by atoms with Crippen molar-refractivity contribution in [3.63, 3.8) is 0 Å². The summed E-state index contributed by atoms with van der Waals surface area (Å²) in [6.07, 6.45) is 2.80. The molecule has 112 valence electrons. The number of anilines is 1. The minimum absolute atomic E-state index is 0.0503. The van der Waals surface area contributed by atoms with Gasteiger partial charge in [0.05, 0.1) is 11.0 Å². The van der Waals surface area contributed by atoms with E-state index in [0.717, 1.165) is 19.3 Å². The molecule has 0 bridgehead atoms. The lowest BCUT2D eigenvalue weighted by Gasteiger charge is -2.26. The summed E-state index contributed by atoms with van der Waals surface area (Å²) in [5.74, 6) is 0.0703. The van der Waals surface area contributed by atoms with Crippen molar-refractivity contribution in [1.82, 2.24) is 14.3 Å². The average Bonchev–Trinajstić information content (AvgIpc) is 2.49. The summed E-state index contributed by atoms with van der Waals surface area (Å²) in [7, 11) is -3.63. The molecular weight excluding hydrogens is 312 g/mol. The smallest absolute Gasteiger partial charge is 0.252 e. The van der Waals surface area contributed by atoms with E-state index in [-0.39, 0.29) is 11.0 Å². The first-order chi connectivity index (χ1) is 10.1. The predicted molar refractivity (Wildman–Crippen MR) is 82.5 cm³/mol. The van der Waals surface area contributed by atoms with Crippen molar-refractivity contribution in [2.75, 3.05) is 17.8 Å². The molecule has 1 aliphatic rings. The van der Waals surface area contributed by atoms with Crippen LogP contribution in [-0.2, 0) is 10.2 Å². The second-order valence-electron chi connectivity index (χ2n) is 4.92. The van der Waals surface area contributed by atoms with Crippen molar-refractivity contribution < 1.29 is 8.42 Å². The lowest BCUT2D eigenvalue weighted by Crippen LogP contribution is -2.39. The monoisotopic (exact) mass is 326 g/mol. The summed E-state index contributed by atoms with van der Waals surface area (Å²) in [5, 5.41) is 0.0503. The van der Waals surface area contributed by atoms with Gasteiger partial charge in [-0.15, -0.1) is 0 Å². The first-order valence-electron chi connectivity index (χ1n) is 6.76. The summed E-state index contributed by atoms with van der Waals surface area (Å²) >= 11 is 6.03. The molecule has 1 aromatic carbocycles. The molecule has 1 aliphatic heterocycles. The van der Waals surface area contributed by atoms with Crippen LogP contribution >= 0.6 is 11.6 Å². The van der Waals surface area contributed by atoms with Gasteiger partial charge in [0.15, 0.2) is 11.0 Å². The summed E-state index contributed by atoms with van der Waals surface area (Å²) in [5.41, 5.74) is 1.22. The Bertz CT molecular complexity index is 760. The molecule has 0 amide bonds. The highest BCUT2D eigenvalue weighted by Gasteiger charge is 2.25. The van der Waals surface area contributed by atoms with Crippen molar-refractivity contribution >= 4 is 38.7 Å². The van der Waals surface area contributed by atoms with E-state index >= 15 is 0 Å². The standard InChI is InChI=1S/C13H15ClN4O2S/c14-12-13(16-11-7-3-2-6-10(11)15-12)17-21(19,20)18-8-4-1-5-9-18/h2-3,6-7H,1,4-5,8-9H2,(H,16,17). The zero-order valence-corrected chi connectivity index (χ0v) is 12.9. The SMILES string of the molecule is O=S(=O)(Nc1nc2ccccc2nc1Cl)N1CCCCC1. The van der Waals surface area contributed by atoms with E-state index in [0.29, 0.717) is 24.1 Å². The van der Waals surface area contributed by atoms with Crippen LogP contribution in [0.5, 0.6) is 0 Å². The Hall–Kier alpha value is -1.44. The summed E-state index contributed by atoms with van der Waals surface area (Å²) in [4.78, 5) is 8.41. The van der Waals surface area contributed by atoms with Gasteiger partial charge < -0.3 is 0 Å². The van der Waals surface area contributed by atoms with Crippen LogP contribution in [0.25, 0.3) is 11.0 Å². The molecule has 6 nitrogen and oxygen atoms in total. The van der Waals surface area contributed by atoms with Crippen molar-refractivity contribution in [2.45, 2.75) is 19.3 Å². The van der Waals surface area contributed by atoms with Crippen molar-refractivity contribution in [3.05, 3.63) is 29.4 Å². The molecule has 8 heteroatoms. The van der Waals surface area contributed by atoms with Gasteiger partial charge in [-0.3, -0.25) is 4.72 Å². The Morgan fingerprint density at radius 2 is 1.67 bits per heavy atom. The molecule has 1 saturated heterocycles. The van der Waals surface area contributed by atoms with Crippen LogP contribution in [-0.4, -0.2) is 35.8 Å². The third kappa shape index (κ3) is 3.09. The number of piperidine rings is 1. The van der Waals surface area contributed by atoms with Crippen LogP contribution in [0.2, 0.25) is 5.15 Å². The third-order valence-electron chi connectivity index (χ3n) is 3.41. The summed E-state index contributed by atoms with van der Waals surface area (Å²) in [6.45, 7) is 1.04. The van der Waals surface area contributed by atoms with Gasteiger partial charge >= 0.3 is 10.2 Å². The lowest BCUT2D eigenvalue weighted by atomic mass is 10.2. The van der Waals surface area contributed by atoms with Crippen LogP contribution in [0.3, 0.4) is 0 Å². The molecule has 0 atom stereocenters. The third-order valence-corrected chi connectivity index (χ3v) is 5.17. The number of aromatic nitrogens is 2. The van der Waals surface area contributed by atoms with E-state index in [4.69, 9.17) is 11.6 Å². The normalized spacial score (nSPS) is 17.0. The Kier molecular flexibility index (Phi) is 3.97. The Balaban J connectivity index is 1.91. The number of nitrogens with zero attached hydrogens (tertiary/aromatic N) is 3. The molecule has 21 heavy (non-hydrogen) atoms. The van der Waals surface area contributed by atoms with Crippen LogP contribution in [0, 0.1) is 0 Å². The van der Waals surface area contributed by atoms with Gasteiger partial charge in [0.2, 0.25) is 0 Å². The maximum absolute atomic E-state index is 12.3. The maximum atomic E-state index is 12.3. The maximum Gasteiger partial charge on any atom is 0.302 e. The fourth-order valence-corrected chi connectivity index (χ4v) is 3.83. The highest BCUT2D eigenvalue weighted by molar-refractivity contribution is 7.90. The number of nitrogens with one attached hydrogen (secondary N) is 1. The molecule has 1 aromatic heterocycles. The first kappa shape index (κ1) is 14.5. The molecule has 0 radical (unpaired) electrons. The van der Waals surface area contributed by atoms with Gasteiger partial charge in [0.1, 0.15) is 0 Å². The second-order valence-corrected chi connectivity index (χ2v) is 6.95.